The number of amides is 1. The van der Waals surface area contributed by atoms with E-state index in [0.29, 0.717) is 21.7 Å². The number of aromatic nitrogens is 2. The molecule has 0 bridgehead atoms. The number of hydrogen-bond acceptors (Lipinski definition) is 8. The Bertz CT molecular complexity index is 857. The van der Waals surface area contributed by atoms with Gasteiger partial charge in [-0.25, -0.2) is 0 Å². The second kappa shape index (κ2) is 9.33. The van der Waals surface area contributed by atoms with E-state index in [2.05, 4.69) is 25.6 Å². The van der Waals surface area contributed by atoms with Crippen molar-refractivity contribution in [2.45, 2.75) is 17.5 Å². The van der Waals surface area contributed by atoms with E-state index in [4.69, 9.17) is 4.42 Å². The average molecular weight is 412 g/mol. The molecule has 2 heterocycles. The number of alkyl halides is 2. The van der Waals surface area contributed by atoms with E-state index in [1.807, 2.05) is 6.07 Å². The molecule has 1 amide bonds. The van der Waals surface area contributed by atoms with Gasteiger partial charge in [0, 0.05) is 5.69 Å². The van der Waals surface area contributed by atoms with Crippen LogP contribution in [0.5, 0.6) is 5.75 Å². The zero-order valence-corrected chi connectivity index (χ0v) is 15.4. The second-order valence-corrected chi connectivity index (χ2v) is 7.25. The lowest BCUT2D eigenvalue weighted by atomic mass is 10.3. The summed E-state index contributed by atoms with van der Waals surface area (Å²) >= 11 is 2.58. The maximum atomic E-state index is 12.1. The van der Waals surface area contributed by atoms with E-state index in [9.17, 15) is 13.6 Å². The van der Waals surface area contributed by atoms with E-state index < -0.39 is 6.61 Å². The zero-order chi connectivity index (χ0) is 19.1. The molecule has 0 spiro atoms. The van der Waals surface area contributed by atoms with Crippen molar-refractivity contribution in [2.24, 2.45) is 0 Å². The maximum absolute atomic E-state index is 12.1. The SMILES string of the molecule is O=C(CSc1nnc(NCc2ccco2)s1)Nc1ccc(OC(F)F)cc1. The number of hydrogen-bond donors (Lipinski definition) is 2. The molecule has 0 fully saturated rings. The Hall–Kier alpha value is -2.66. The molecule has 3 aromatic rings. The van der Waals surface area contributed by atoms with Gasteiger partial charge in [-0.05, 0) is 36.4 Å². The minimum Gasteiger partial charge on any atom is -0.467 e. The van der Waals surface area contributed by atoms with Crippen LogP contribution in [0.15, 0.2) is 51.4 Å². The third-order valence-corrected chi connectivity index (χ3v) is 5.10. The second-order valence-electron chi connectivity index (χ2n) is 5.05. The van der Waals surface area contributed by atoms with Gasteiger partial charge in [-0.1, -0.05) is 23.1 Å². The number of rotatable bonds is 9. The van der Waals surface area contributed by atoms with Crippen molar-refractivity contribution in [3.8, 4) is 5.75 Å². The van der Waals surface area contributed by atoms with Crippen molar-refractivity contribution < 1.29 is 22.7 Å². The van der Waals surface area contributed by atoms with Gasteiger partial charge < -0.3 is 19.8 Å². The Morgan fingerprint density at radius 1 is 1.26 bits per heavy atom. The predicted octanol–water partition coefficient (Wildman–Crippen LogP) is 4.08. The Kier molecular flexibility index (Phi) is 6.60. The smallest absolute Gasteiger partial charge is 0.387 e. The van der Waals surface area contributed by atoms with Gasteiger partial charge in [-0.3, -0.25) is 4.79 Å². The topological polar surface area (TPSA) is 89.3 Å². The van der Waals surface area contributed by atoms with Gasteiger partial charge in [0.2, 0.25) is 11.0 Å². The minimum atomic E-state index is -2.88. The van der Waals surface area contributed by atoms with Crippen LogP contribution < -0.4 is 15.4 Å². The Morgan fingerprint density at radius 3 is 2.78 bits per heavy atom. The lowest BCUT2D eigenvalue weighted by molar-refractivity contribution is -0.113. The maximum Gasteiger partial charge on any atom is 0.387 e. The van der Waals surface area contributed by atoms with Crippen molar-refractivity contribution in [3.05, 3.63) is 48.4 Å². The molecule has 27 heavy (non-hydrogen) atoms. The van der Waals surface area contributed by atoms with E-state index in [1.165, 1.54) is 47.4 Å². The highest BCUT2D eigenvalue weighted by atomic mass is 32.2. The molecular weight excluding hydrogens is 398 g/mol. The van der Waals surface area contributed by atoms with Crippen molar-refractivity contribution >= 4 is 39.8 Å². The van der Waals surface area contributed by atoms with E-state index in [1.54, 1.807) is 12.3 Å². The van der Waals surface area contributed by atoms with E-state index in [-0.39, 0.29) is 17.4 Å². The highest BCUT2D eigenvalue weighted by Crippen LogP contribution is 2.26. The quantitative estimate of drug-likeness (QED) is 0.512. The summed E-state index contributed by atoms with van der Waals surface area (Å²) in [5, 5.41) is 14.4. The standard InChI is InChI=1S/C16H14F2N4O3S2/c17-14(18)25-11-5-3-10(4-6-11)20-13(23)9-26-16-22-21-15(27-16)19-8-12-2-1-7-24-12/h1-7,14H,8-9H2,(H,19,21)(H,20,23). The molecule has 0 saturated carbocycles. The van der Waals surface area contributed by atoms with Crippen LogP contribution in [-0.2, 0) is 11.3 Å². The first-order valence-corrected chi connectivity index (χ1v) is 9.46. The first-order chi connectivity index (χ1) is 13.1. The van der Waals surface area contributed by atoms with Gasteiger partial charge in [-0.2, -0.15) is 8.78 Å². The summed E-state index contributed by atoms with van der Waals surface area (Å²) < 4.78 is 34.3. The molecular formula is C16H14F2N4O3S2. The van der Waals surface area contributed by atoms with Crippen LogP contribution in [0.25, 0.3) is 0 Å². The molecule has 7 nitrogen and oxygen atoms in total. The fourth-order valence-corrected chi connectivity index (χ4v) is 3.51. The summed E-state index contributed by atoms with van der Waals surface area (Å²) in [4.78, 5) is 12.0. The number of anilines is 2. The highest BCUT2D eigenvalue weighted by Gasteiger charge is 2.10. The van der Waals surface area contributed by atoms with Gasteiger partial charge >= 0.3 is 6.61 Å². The van der Waals surface area contributed by atoms with Crippen LogP contribution in [-0.4, -0.2) is 28.5 Å². The van der Waals surface area contributed by atoms with Crippen molar-refractivity contribution in [3.63, 3.8) is 0 Å². The van der Waals surface area contributed by atoms with Gasteiger partial charge in [0.1, 0.15) is 11.5 Å². The number of furan rings is 1. The fourth-order valence-electron chi connectivity index (χ4n) is 1.96. The van der Waals surface area contributed by atoms with Gasteiger partial charge in [0.25, 0.3) is 0 Å². The first kappa shape index (κ1) is 19.1. The molecule has 2 aromatic heterocycles. The number of carbonyl (C=O) groups excluding carboxylic acids is 1. The summed E-state index contributed by atoms with van der Waals surface area (Å²) in [6, 6.07) is 9.34. The number of benzene rings is 1. The number of ether oxygens (including phenoxy) is 1. The molecule has 2 N–H and O–H groups in total. The average Bonchev–Trinajstić information content (AvgIpc) is 3.31. The molecule has 0 atom stereocenters. The van der Waals surface area contributed by atoms with Gasteiger partial charge in [0.05, 0.1) is 18.6 Å². The molecule has 11 heteroatoms. The Labute approximate surface area is 161 Å². The van der Waals surface area contributed by atoms with Crippen molar-refractivity contribution in [1.29, 1.82) is 0 Å². The highest BCUT2D eigenvalue weighted by molar-refractivity contribution is 8.01. The van der Waals surface area contributed by atoms with Gasteiger partial charge in [0.15, 0.2) is 4.34 Å². The third kappa shape index (κ3) is 6.22. The fraction of sp³-hybridized carbons (Fsp3) is 0.188. The number of nitrogens with zero attached hydrogens (tertiary/aromatic N) is 2. The number of thioether (sulfide) groups is 1. The number of carbonyl (C=O) groups is 1. The normalized spacial score (nSPS) is 10.8. The lowest BCUT2D eigenvalue weighted by Crippen LogP contribution is -2.13. The molecule has 142 valence electrons. The first-order valence-electron chi connectivity index (χ1n) is 7.66. The molecule has 0 aliphatic carbocycles. The third-order valence-electron chi connectivity index (χ3n) is 3.09. The summed E-state index contributed by atoms with van der Waals surface area (Å²) in [6.45, 7) is -2.38. The summed E-state index contributed by atoms with van der Waals surface area (Å²) in [7, 11) is 0. The van der Waals surface area contributed by atoms with E-state index >= 15 is 0 Å². The van der Waals surface area contributed by atoms with Gasteiger partial charge in [-0.15, -0.1) is 10.2 Å². The Balaban J connectivity index is 1.42. The largest absolute Gasteiger partial charge is 0.467 e. The van der Waals surface area contributed by atoms with Crippen LogP contribution >= 0.6 is 23.1 Å². The molecule has 1 aromatic carbocycles. The number of nitrogens with one attached hydrogen (secondary N) is 2. The summed E-state index contributed by atoms with van der Waals surface area (Å²) in [5.41, 5.74) is 0.486. The molecule has 0 aliphatic rings. The van der Waals surface area contributed by atoms with Crippen molar-refractivity contribution in [1.82, 2.24) is 10.2 Å². The van der Waals surface area contributed by atoms with Crippen LogP contribution in [0, 0.1) is 0 Å². The molecule has 0 unspecified atom stereocenters. The molecule has 3 rings (SSSR count). The molecule has 0 radical (unpaired) electrons. The predicted molar refractivity (Wildman–Crippen MR) is 98.4 cm³/mol. The summed E-state index contributed by atoms with van der Waals surface area (Å²) in [6.07, 6.45) is 1.59. The molecule has 0 saturated heterocycles. The van der Waals surface area contributed by atoms with Crippen LogP contribution in [0.3, 0.4) is 0 Å². The Morgan fingerprint density at radius 2 is 2.07 bits per heavy atom. The number of halogens is 2. The van der Waals surface area contributed by atoms with Crippen LogP contribution in [0.4, 0.5) is 19.6 Å². The monoisotopic (exact) mass is 412 g/mol. The summed E-state index contributed by atoms with van der Waals surface area (Å²) in [5.74, 6) is 0.703. The zero-order valence-electron chi connectivity index (χ0n) is 13.7. The van der Waals surface area contributed by atoms with E-state index in [0.717, 1.165) is 5.76 Å². The molecule has 0 aliphatic heterocycles. The van der Waals surface area contributed by atoms with Crippen molar-refractivity contribution in [2.75, 3.05) is 16.4 Å². The lowest BCUT2D eigenvalue weighted by Gasteiger charge is -2.07. The van der Waals surface area contributed by atoms with Crippen LogP contribution in [0.2, 0.25) is 0 Å². The minimum absolute atomic E-state index is 0.0285. The van der Waals surface area contributed by atoms with Crippen LogP contribution in [0.1, 0.15) is 5.76 Å².